The highest BCUT2D eigenvalue weighted by Crippen LogP contribution is 2.08. The molecule has 94 valence electrons. The van der Waals surface area contributed by atoms with Crippen molar-refractivity contribution in [2.24, 2.45) is 0 Å². The Balaban J connectivity index is 2.06. The fraction of sp³-hybridized carbons (Fsp3) is 0.538. The quantitative estimate of drug-likeness (QED) is 0.537. The van der Waals surface area contributed by atoms with Gasteiger partial charge in [-0.05, 0) is 18.6 Å². The molecule has 0 radical (unpaired) electrons. The zero-order valence-corrected chi connectivity index (χ0v) is 10.2. The third-order valence-corrected chi connectivity index (χ3v) is 2.32. The SMILES string of the molecule is CCCCCCCOC(=O)Oc1ccncc1. The van der Waals surface area contributed by atoms with E-state index < -0.39 is 6.16 Å². The minimum atomic E-state index is -0.647. The molecular formula is C13H19NO3. The summed E-state index contributed by atoms with van der Waals surface area (Å²) >= 11 is 0. The van der Waals surface area contributed by atoms with Crippen LogP contribution in [0.25, 0.3) is 0 Å². The molecular weight excluding hydrogens is 218 g/mol. The van der Waals surface area contributed by atoms with E-state index in [0.29, 0.717) is 12.4 Å². The van der Waals surface area contributed by atoms with Gasteiger partial charge in [0.1, 0.15) is 5.75 Å². The number of hydrogen-bond donors (Lipinski definition) is 0. The summed E-state index contributed by atoms with van der Waals surface area (Å²) in [5, 5.41) is 0. The third kappa shape index (κ3) is 6.56. The van der Waals surface area contributed by atoms with Crippen molar-refractivity contribution in [2.75, 3.05) is 6.61 Å². The van der Waals surface area contributed by atoms with E-state index in [1.54, 1.807) is 24.5 Å². The van der Waals surface area contributed by atoms with Crippen molar-refractivity contribution in [3.05, 3.63) is 24.5 Å². The summed E-state index contributed by atoms with van der Waals surface area (Å²) in [7, 11) is 0. The summed E-state index contributed by atoms with van der Waals surface area (Å²) in [6.07, 6.45) is 8.11. The summed E-state index contributed by atoms with van der Waals surface area (Å²) < 4.78 is 9.89. The Hall–Kier alpha value is -1.58. The number of rotatable bonds is 7. The predicted molar refractivity (Wildman–Crippen MR) is 65.0 cm³/mol. The minimum absolute atomic E-state index is 0.424. The van der Waals surface area contributed by atoms with Crippen LogP contribution in [-0.2, 0) is 4.74 Å². The van der Waals surface area contributed by atoms with Gasteiger partial charge < -0.3 is 9.47 Å². The number of nitrogens with zero attached hydrogens (tertiary/aromatic N) is 1. The van der Waals surface area contributed by atoms with Gasteiger partial charge >= 0.3 is 6.16 Å². The molecule has 0 spiro atoms. The standard InChI is InChI=1S/C13H19NO3/c1-2-3-4-5-6-11-16-13(15)17-12-7-9-14-10-8-12/h7-10H,2-6,11H2,1H3. The molecule has 17 heavy (non-hydrogen) atoms. The fourth-order valence-electron chi connectivity index (χ4n) is 1.39. The van der Waals surface area contributed by atoms with Crippen molar-refractivity contribution >= 4 is 6.16 Å². The molecule has 1 rings (SSSR count). The molecule has 0 aliphatic rings. The van der Waals surface area contributed by atoms with Crippen molar-refractivity contribution in [3.63, 3.8) is 0 Å². The summed E-state index contributed by atoms with van der Waals surface area (Å²) in [5.41, 5.74) is 0. The van der Waals surface area contributed by atoms with E-state index in [1.165, 1.54) is 19.3 Å². The van der Waals surface area contributed by atoms with E-state index in [0.717, 1.165) is 12.8 Å². The highest BCUT2D eigenvalue weighted by molar-refractivity contribution is 5.63. The zero-order valence-electron chi connectivity index (χ0n) is 10.2. The average molecular weight is 237 g/mol. The van der Waals surface area contributed by atoms with Crippen LogP contribution in [0, 0.1) is 0 Å². The van der Waals surface area contributed by atoms with Crippen LogP contribution in [0.1, 0.15) is 39.0 Å². The van der Waals surface area contributed by atoms with Crippen LogP contribution in [0.4, 0.5) is 4.79 Å². The highest BCUT2D eigenvalue weighted by Gasteiger charge is 2.04. The number of hydrogen-bond acceptors (Lipinski definition) is 4. The molecule has 0 N–H and O–H groups in total. The van der Waals surface area contributed by atoms with Crippen molar-refractivity contribution in [2.45, 2.75) is 39.0 Å². The Morgan fingerprint density at radius 3 is 2.59 bits per heavy atom. The van der Waals surface area contributed by atoms with Gasteiger partial charge in [-0.25, -0.2) is 4.79 Å². The van der Waals surface area contributed by atoms with Gasteiger partial charge in [-0.2, -0.15) is 0 Å². The molecule has 0 amide bonds. The lowest BCUT2D eigenvalue weighted by molar-refractivity contribution is 0.0973. The summed E-state index contributed by atoms with van der Waals surface area (Å²) in [5.74, 6) is 0.455. The number of carbonyl (C=O) groups excluding carboxylic acids is 1. The van der Waals surface area contributed by atoms with Crippen molar-refractivity contribution < 1.29 is 14.3 Å². The molecule has 0 aliphatic carbocycles. The molecule has 0 saturated heterocycles. The summed E-state index contributed by atoms with van der Waals surface area (Å²) in [4.78, 5) is 15.1. The van der Waals surface area contributed by atoms with Crippen LogP contribution in [0.2, 0.25) is 0 Å². The summed E-state index contributed by atoms with van der Waals surface area (Å²) in [6, 6.07) is 3.23. The Morgan fingerprint density at radius 1 is 1.18 bits per heavy atom. The minimum Gasteiger partial charge on any atom is -0.434 e. The monoisotopic (exact) mass is 237 g/mol. The Morgan fingerprint density at radius 2 is 1.88 bits per heavy atom. The van der Waals surface area contributed by atoms with Crippen molar-refractivity contribution in [1.29, 1.82) is 0 Å². The average Bonchev–Trinajstić information content (AvgIpc) is 2.35. The maximum Gasteiger partial charge on any atom is 0.513 e. The molecule has 0 aliphatic heterocycles. The van der Waals surface area contributed by atoms with E-state index in [4.69, 9.17) is 9.47 Å². The molecule has 0 fully saturated rings. The van der Waals surface area contributed by atoms with Gasteiger partial charge in [0.15, 0.2) is 0 Å². The van der Waals surface area contributed by atoms with Crippen LogP contribution in [-0.4, -0.2) is 17.7 Å². The van der Waals surface area contributed by atoms with E-state index in [2.05, 4.69) is 11.9 Å². The van der Waals surface area contributed by atoms with Gasteiger partial charge in [0.2, 0.25) is 0 Å². The lowest BCUT2D eigenvalue weighted by atomic mass is 10.2. The Kier molecular flexibility index (Phi) is 6.79. The van der Waals surface area contributed by atoms with E-state index in [1.807, 2.05) is 0 Å². The molecule has 1 heterocycles. The van der Waals surface area contributed by atoms with Crippen LogP contribution < -0.4 is 4.74 Å². The maximum absolute atomic E-state index is 11.2. The molecule has 0 saturated carbocycles. The van der Waals surface area contributed by atoms with Gasteiger partial charge in [-0.3, -0.25) is 4.98 Å². The van der Waals surface area contributed by atoms with Gasteiger partial charge in [-0.15, -0.1) is 0 Å². The highest BCUT2D eigenvalue weighted by atomic mass is 16.7. The zero-order chi connectivity index (χ0) is 12.3. The normalized spacial score (nSPS) is 9.94. The van der Waals surface area contributed by atoms with Crippen LogP contribution in [0.15, 0.2) is 24.5 Å². The molecule has 0 aromatic carbocycles. The lowest BCUT2D eigenvalue weighted by Gasteiger charge is -2.05. The first-order chi connectivity index (χ1) is 8.33. The lowest BCUT2D eigenvalue weighted by Crippen LogP contribution is -2.11. The smallest absolute Gasteiger partial charge is 0.434 e. The number of aromatic nitrogens is 1. The van der Waals surface area contributed by atoms with Gasteiger partial charge in [0, 0.05) is 12.4 Å². The van der Waals surface area contributed by atoms with Crippen LogP contribution >= 0.6 is 0 Å². The largest absolute Gasteiger partial charge is 0.513 e. The first kappa shape index (κ1) is 13.5. The van der Waals surface area contributed by atoms with Crippen molar-refractivity contribution in [1.82, 2.24) is 4.98 Å². The Labute approximate surface area is 102 Å². The molecule has 0 unspecified atom stereocenters. The molecule has 0 atom stereocenters. The molecule has 4 nitrogen and oxygen atoms in total. The van der Waals surface area contributed by atoms with E-state index >= 15 is 0 Å². The van der Waals surface area contributed by atoms with E-state index in [9.17, 15) is 4.79 Å². The third-order valence-electron chi connectivity index (χ3n) is 2.32. The second-order valence-corrected chi connectivity index (χ2v) is 3.80. The van der Waals surface area contributed by atoms with Crippen molar-refractivity contribution in [3.8, 4) is 5.75 Å². The number of carbonyl (C=O) groups is 1. The predicted octanol–water partition coefficient (Wildman–Crippen LogP) is 3.57. The van der Waals surface area contributed by atoms with Gasteiger partial charge in [0.25, 0.3) is 0 Å². The fourth-order valence-corrected chi connectivity index (χ4v) is 1.39. The Bertz CT molecular complexity index is 314. The number of pyridine rings is 1. The topological polar surface area (TPSA) is 48.4 Å². The first-order valence-electron chi connectivity index (χ1n) is 6.07. The van der Waals surface area contributed by atoms with Crippen LogP contribution in [0.5, 0.6) is 5.75 Å². The van der Waals surface area contributed by atoms with Gasteiger partial charge in [-0.1, -0.05) is 32.6 Å². The number of ether oxygens (including phenoxy) is 2. The van der Waals surface area contributed by atoms with E-state index in [-0.39, 0.29) is 0 Å². The maximum atomic E-state index is 11.2. The molecule has 4 heteroatoms. The molecule has 1 aromatic rings. The summed E-state index contributed by atoms with van der Waals surface area (Å²) in [6.45, 7) is 2.59. The number of unbranched alkanes of at least 4 members (excludes halogenated alkanes) is 4. The van der Waals surface area contributed by atoms with Gasteiger partial charge in [0.05, 0.1) is 6.61 Å². The second kappa shape index (κ2) is 8.56. The first-order valence-corrected chi connectivity index (χ1v) is 6.07. The molecule has 1 aromatic heterocycles. The second-order valence-electron chi connectivity index (χ2n) is 3.80. The molecule has 0 bridgehead atoms. The van der Waals surface area contributed by atoms with Crippen LogP contribution in [0.3, 0.4) is 0 Å².